The summed E-state index contributed by atoms with van der Waals surface area (Å²) in [5.74, 6) is -1.24. The molecule has 1 fully saturated rings. The van der Waals surface area contributed by atoms with Crippen molar-refractivity contribution in [2.75, 3.05) is 20.8 Å². The first-order chi connectivity index (χ1) is 8.67. The molecule has 0 aliphatic carbocycles. The van der Waals surface area contributed by atoms with E-state index < -0.39 is 11.6 Å². The van der Waals surface area contributed by atoms with Crippen LogP contribution in [0.1, 0.15) is 18.4 Å². The third-order valence-corrected chi connectivity index (χ3v) is 3.26. The normalized spacial score (nSPS) is 19.0. The minimum absolute atomic E-state index is 0.0712. The van der Waals surface area contributed by atoms with E-state index in [0.717, 1.165) is 25.5 Å². The summed E-state index contributed by atoms with van der Waals surface area (Å²) in [6.45, 7) is 0.938. The summed E-state index contributed by atoms with van der Waals surface area (Å²) in [6, 6.07) is 1.01. The van der Waals surface area contributed by atoms with Gasteiger partial charge in [0.15, 0.2) is 23.1 Å². The Labute approximate surface area is 105 Å². The predicted octanol–water partition coefficient (Wildman–Crippen LogP) is 2.28. The van der Waals surface area contributed by atoms with E-state index in [1.54, 1.807) is 0 Å². The monoisotopic (exact) mass is 257 g/mol. The van der Waals surface area contributed by atoms with Gasteiger partial charge in [0.2, 0.25) is 0 Å². The molecule has 2 rings (SSSR count). The molecule has 5 heteroatoms. The molecule has 1 unspecified atom stereocenters. The molecular weight excluding hydrogens is 240 g/mol. The van der Waals surface area contributed by atoms with Gasteiger partial charge in [0.25, 0.3) is 0 Å². The lowest BCUT2D eigenvalue weighted by molar-refractivity contribution is 0.346. The van der Waals surface area contributed by atoms with Gasteiger partial charge < -0.3 is 14.8 Å². The average molecular weight is 257 g/mol. The van der Waals surface area contributed by atoms with Crippen molar-refractivity contribution in [2.24, 2.45) is 0 Å². The van der Waals surface area contributed by atoms with E-state index in [9.17, 15) is 8.78 Å². The van der Waals surface area contributed by atoms with Crippen LogP contribution < -0.4 is 14.8 Å². The molecule has 0 amide bonds. The van der Waals surface area contributed by atoms with Crippen LogP contribution in [0, 0.1) is 11.6 Å². The first-order valence-electron chi connectivity index (χ1n) is 5.99. The molecule has 18 heavy (non-hydrogen) atoms. The Morgan fingerprint density at radius 3 is 2.28 bits per heavy atom. The second kappa shape index (κ2) is 5.52. The van der Waals surface area contributed by atoms with Crippen molar-refractivity contribution in [1.29, 1.82) is 0 Å². The predicted molar refractivity (Wildman–Crippen MR) is 64.2 cm³/mol. The molecule has 1 aliphatic rings. The molecule has 1 aromatic rings. The summed E-state index contributed by atoms with van der Waals surface area (Å²) in [4.78, 5) is 0. The van der Waals surface area contributed by atoms with E-state index in [2.05, 4.69) is 5.32 Å². The SMILES string of the molecule is COc1c(F)cc(F)c(OC)c1CC1CCCN1. The first-order valence-corrected chi connectivity index (χ1v) is 5.99. The average Bonchev–Trinajstić information content (AvgIpc) is 2.82. The molecule has 0 saturated carbocycles. The van der Waals surface area contributed by atoms with E-state index in [1.165, 1.54) is 14.2 Å². The Hall–Kier alpha value is -1.36. The summed E-state index contributed by atoms with van der Waals surface area (Å²) in [6.07, 6.45) is 2.57. The van der Waals surface area contributed by atoms with Crippen molar-refractivity contribution >= 4 is 0 Å². The van der Waals surface area contributed by atoms with Gasteiger partial charge in [0.1, 0.15) is 0 Å². The van der Waals surface area contributed by atoms with Gasteiger partial charge in [-0.05, 0) is 25.8 Å². The highest BCUT2D eigenvalue weighted by molar-refractivity contribution is 5.47. The minimum atomic E-state index is -0.691. The second-order valence-corrected chi connectivity index (χ2v) is 4.38. The van der Waals surface area contributed by atoms with Crippen molar-refractivity contribution < 1.29 is 18.3 Å². The Bertz CT molecular complexity index is 403. The van der Waals surface area contributed by atoms with E-state index in [-0.39, 0.29) is 17.5 Å². The van der Waals surface area contributed by atoms with E-state index in [1.807, 2.05) is 0 Å². The second-order valence-electron chi connectivity index (χ2n) is 4.38. The van der Waals surface area contributed by atoms with Crippen LogP contribution in [0.15, 0.2) is 6.07 Å². The molecule has 1 aliphatic heterocycles. The standard InChI is InChI=1S/C13H17F2NO2/c1-17-12-9(6-8-4-3-5-16-8)13(18-2)11(15)7-10(12)14/h7-8,16H,3-6H2,1-2H3. The molecule has 1 heterocycles. The van der Waals surface area contributed by atoms with Gasteiger partial charge in [0, 0.05) is 17.7 Å². The van der Waals surface area contributed by atoms with Gasteiger partial charge in [0.05, 0.1) is 14.2 Å². The molecule has 0 bridgehead atoms. The van der Waals surface area contributed by atoms with Crippen LogP contribution in [0.25, 0.3) is 0 Å². The van der Waals surface area contributed by atoms with Gasteiger partial charge >= 0.3 is 0 Å². The number of ether oxygens (including phenoxy) is 2. The van der Waals surface area contributed by atoms with Gasteiger partial charge in [-0.15, -0.1) is 0 Å². The summed E-state index contributed by atoms with van der Waals surface area (Å²) in [5, 5.41) is 3.29. The molecule has 100 valence electrons. The topological polar surface area (TPSA) is 30.5 Å². The van der Waals surface area contributed by atoms with Crippen LogP contribution in [-0.4, -0.2) is 26.8 Å². The van der Waals surface area contributed by atoms with Crippen molar-refractivity contribution in [3.05, 3.63) is 23.3 Å². The minimum Gasteiger partial charge on any atom is -0.493 e. The fourth-order valence-electron chi connectivity index (χ4n) is 2.44. The van der Waals surface area contributed by atoms with Crippen molar-refractivity contribution in [1.82, 2.24) is 5.32 Å². The lowest BCUT2D eigenvalue weighted by Gasteiger charge is -2.17. The highest BCUT2D eigenvalue weighted by Crippen LogP contribution is 2.35. The van der Waals surface area contributed by atoms with Crippen LogP contribution in [0.3, 0.4) is 0 Å². The number of methoxy groups -OCH3 is 2. The summed E-state index contributed by atoms with van der Waals surface area (Å²) < 4.78 is 37.4. The molecule has 1 saturated heterocycles. The molecule has 1 aromatic carbocycles. The van der Waals surface area contributed by atoms with E-state index in [4.69, 9.17) is 9.47 Å². The van der Waals surface area contributed by atoms with Gasteiger partial charge in [-0.1, -0.05) is 0 Å². The summed E-state index contributed by atoms with van der Waals surface area (Å²) >= 11 is 0. The summed E-state index contributed by atoms with van der Waals surface area (Å²) in [7, 11) is 2.75. The Balaban J connectivity index is 2.39. The lowest BCUT2D eigenvalue weighted by atomic mass is 10.0. The van der Waals surface area contributed by atoms with Crippen molar-refractivity contribution in [3.8, 4) is 11.5 Å². The number of benzene rings is 1. The van der Waals surface area contributed by atoms with Crippen LogP contribution >= 0.6 is 0 Å². The smallest absolute Gasteiger partial charge is 0.168 e. The highest BCUT2D eigenvalue weighted by Gasteiger charge is 2.24. The molecule has 1 atom stereocenters. The number of halogens is 2. The quantitative estimate of drug-likeness (QED) is 0.897. The van der Waals surface area contributed by atoms with Crippen LogP contribution in [0.2, 0.25) is 0 Å². The zero-order chi connectivity index (χ0) is 13.1. The zero-order valence-corrected chi connectivity index (χ0v) is 10.6. The largest absolute Gasteiger partial charge is 0.493 e. The van der Waals surface area contributed by atoms with Gasteiger partial charge in [-0.25, -0.2) is 8.78 Å². The Kier molecular flexibility index (Phi) is 4.01. The van der Waals surface area contributed by atoms with Crippen molar-refractivity contribution in [2.45, 2.75) is 25.3 Å². The maximum absolute atomic E-state index is 13.7. The number of nitrogens with one attached hydrogen (secondary N) is 1. The van der Waals surface area contributed by atoms with E-state index in [0.29, 0.717) is 12.0 Å². The van der Waals surface area contributed by atoms with Gasteiger partial charge in [-0.3, -0.25) is 0 Å². The van der Waals surface area contributed by atoms with Crippen LogP contribution in [0.5, 0.6) is 11.5 Å². The number of rotatable bonds is 4. The first kappa shape index (κ1) is 13.1. The third-order valence-electron chi connectivity index (χ3n) is 3.26. The fourth-order valence-corrected chi connectivity index (χ4v) is 2.44. The maximum Gasteiger partial charge on any atom is 0.168 e. The summed E-state index contributed by atoms with van der Waals surface area (Å²) in [5.41, 5.74) is 0.455. The Morgan fingerprint density at radius 1 is 1.22 bits per heavy atom. The highest BCUT2D eigenvalue weighted by atomic mass is 19.1. The van der Waals surface area contributed by atoms with E-state index >= 15 is 0 Å². The third kappa shape index (κ3) is 2.41. The molecule has 0 spiro atoms. The van der Waals surface area contributed by atoms with Gasteiger partial charge in [-0.2, -0.15) is 0 Å². The fraction of sp³-hybridized carbons (Fsp3) is 0.538. The number of hydrogen-bond donors (Lipinski definition) is 1. The molecule has 3 nitrogen and oxygen atoms in total. The molecule has 1 N–H and O–H groups in total. The van der Waals surface area contributed by atoms with Crippen molar-refractivity contribution in [3.63, 3.8) is 0 Å². The Morgan fingerprint density at radius 2 is 1.83 bits per heavy atom. The molecular formula is C13H17F2NO2. The number of hydrogen-bond acceptors (Lipinski definition) is 3. The maximum atomic E-state index is 13.7. The molecule has 0 radical (unpaired) electrons. The molecule has 0 aromatic heterocycles. The van der Waals surface area contributed by atoms with Crippen LogP contribution in [0.4, 0.5) is 8.78 Å². The zero-order valence-electron chi connectivity index (χ0n) is 10.6. The lowest BCUT2D eigenvalue weighted by Crippen LogP contribution is -2.24. The van der Waals surface area contributed by atoms with Crippen LogP contribution in [-0.2, 0) is 6.42 Å².